The average molecular weight is 231 g/mol. The number of ether oxygens (including phenoxy) is 1. The van der Waals surface area contributed by atoms with E-state index in [9.17, 15) is 4.39 Å². The highest BCUT2D eigenvalue weighted by atomic mass is 35.5. The van der Waals surface area contributed by atoms with Crippen LogP contribution in [-0.2, 0) is 0 Å². The van der Waals surface area contributed by atoms with Crippen LogP contribution in [0.5, 0.6) is 5.75 Å². The van der Waals surface area contributed by atoms with Crippen molar-refractivity contribution in [3.63, 3.8) is 0 Å². The topological polar surface area (TPSA) is 9.23 Å². The largest absolute Gasteiger partial charge is 0.493 e. The van der Waals surface area contributed by atoms with Gasteiger partial charge in [0.2, 0.25) is 0 Å². The minimum absolute atomic E-state index is 0.177. The zero-order valence-electron chi connectivity index (χ0n) is 9.31. The second-order valence-electron chi connectivity index (χ2n) is 3.31. The molecule has 1 aliphatic heterocycles. The molecule has 0 spiro atoms. The maximum atomic E-state index is 13.5. The van der Waals surface area contributed by atoms with Gasteiger partial charge < -0.3 is 4.74 Å². The molecule has 0 aromatic heterocycles. The molecule has 0 bridgehead atoms. The van der Waals surface area contributed by atoms with Gasteiger partial charge in [0, 0.05) is 5.56 Å². The fraction of sp³-hybridized carbons (Fsp3) is 0.500. The third kappa shape index (κ3) is 2.43. The Labute approximate surface area is 95.2 Å². The van der Waals surface area contributed by atoms with E-state index >= 15 is 0 Å². The minimum Gasteiger partial charge on any atom is -0.493 e. The molecule has 0 fully saturated rings. The Bertz CT molecular complexity index is 339. The van der Waals surface area contributed by atoms with E-state index in [1.165, 1.54) is 6.07 Å². The number of benzene rings is 1. The summed E-state index contributed by atoms with van der Waals surface area (Å²) < 4.78 is 18.9. The van der Waals surface area contributed by atoms with Gasteiger partial charge >= 0.3 is 0 Å². The Hall–Kier alpha value is -0.760. The van der Waals surface area contributed by atoms with E-state index in [0.717, 1.165) is 6.42 Å². The highest BCUT2D eigenvalue weighted by Gasteiger charge is 2.22. The molecule has 3 heteroatoms. The van der Waals surface area contributed by atoms with E-state index in [1.54, 1.807) is 6.07 Å². The van der Waals surface area contributed by atoms with Crippen LogP contribution in [0.25, 0.3) is 0 Å². The third-order valence-electron chi connectivity index (χ3n) is 2.39. The fourth-order valence-electron chi connectivity index (χ4n) is 1.62. The van der Waals surface area contributed by atoms with Gasteiger partial charge in [0.05, 0.1) is 11.6 Å². The summed E-state index contributed by atoms with van der Waals surface area (Å²) in [6.07, 6.45) is 0.851. The summed E-state index contributed by atoms with van der Waals surface area (Å²) in [5.74, 6) is 0.509. The van der Waals surface area contributed by atoms with Crippen LogP contribution in [0.4, 0.5) is 4.39 Å². The Morgan fingerprint density at radius 1 is 1.40 bits per heavy atom. The van der Waals surface area contributed by atoms with E-state index < -0.39 is 0 Å². The summed E-state index contributed by atoms with van der Waals surface area (Å²) in [6, 6.07) is 3.27. The van der Waals surface area contributed by atoms with Crippen LogP contribution in [0.1, 0.15) is 38.7 Å². The molecule has 1 unspecified atom stereocenters. The zero-order chi connectivity index (χ0) is 11.4. The number of halogens is 2. The number of hydrogen-bond acceptors (Lipinski definition) is 1. The highest BCUT2D eigenvalue weighted by Crippen LogP contribution is 2.37. The first-order valence-corrected chi connectivity index (χ1v) is 5.68. The van der Waals surface area contributed by atoms with Crippen LogP contribution < -0.4 is 4.74 Å². The molecule has 1 aromatic rings. The standard InChI is InChI=1S/C10H10ClFO.C2H6/c1-6-4-5-13-8-3-2-7(11)10(12)9(6)8;1-2/h2-3,6H,4-5H2,1H3;1-2H3. The van der Waals surface area contributed by atoms with Gasteiger partial charge in [0.1, 0.15) is 11.6 Å². The van der Waals surface area contributed by atoms with Gasteiger partial charge in [-0.25, -0.2) is 4.39 Å². The van der Waals surface area contributed by atoms with Crippen molar-refractivity contribution >= 4 is 11.6 Å². The number of hydrogen-bond donors (Lipinski definition) is 0. The van der Waals surface area contributed by atoms with Crippen molar-refractivity contribution in [1.82, 2.24) is 0 Å². The minimum atomic E-state index is -0.327. The molecule has 1 aromatic carbocycles. The second-order valence-corrected chi connectivity index (χ2v) is 3.72. The van der Waals surface area contributed by atoms with E-state index in [0.29, 0.717) is 17.9 Å². The van der Waals surface area contributed by atoms with Crippen LogP contribution in [0.15, 0.2) is 12.1 Å². The van der Waals surface area contributed by atoms with Crippen LogP contribution in [-0.4, -0.2) is 6.61 Å². The first-order chi connectivity index (χ1) is 7.20. The first-order valence-electron chi connectivity index (χ1n) is 5.31. The molecule has 2 rings (SSSR count). The number of fused-ring (bicyclic) bond motifs is 1. The normalized spacial score (nSPS) is 18.3. The first kappa shape index (κ1) is 12.3. The van der Waals surface area contributed by atoms with Crippen LogP contribution in [0.3, 0.4) is 0 Å². The lowest BCUT2D eigenvalue weighted by molar-refractivity contribution is 0.267. The summed E-state index contributed by atoms with van der Waals surface area (Å²) in [4.78, 5) is 0. The average Bonchev–Trinajstić information content (AvgIpc) is 2.26. The molecule has 1 heterocycles. The molecular formula is C12H16ClFO. The Morgan fingerprint density at radius 2 is 2.07 bits per heavy atom. The lowest BCUT2D eigenvalue weighted by atomic mass is 9.95. The summed E-state index contributed by atoms with van der Waals surface area (Å²) >= 11 is 5.68. The van der Waals surface area contributed by atoms with Crippen molar-refractivity contribution in [1.29, 1.82) is 0 Å². The molecule has 0 aliphatic carbocycles. The lowest BCUT2D eigenvalue weighted by Crippen LogP contribution is -2.13. The number of rotatable bonds is 0. The maximum Gasteiger partial charge on any atom is 0.148 e. The molecule has 0 radical (unpaired) electrons. The van der Waals surface area contributed by atoms with Crippen LogP contribution in [0.2, 0.25) is 5.02 Å². The molecule has 0 N–H and O–H groups in total. The molecule has 1 atom stereocenters. The molecule has 1 aliphatic rings. The monoisotopic (exact) mass is 230 g/mol. The Kier molecular flexibility index (Phi) is 4.40. The van der Waals surface area contributed by atoms with E-state index in [4.69, 9.17) is 16.3 Å². The van der Waals surface area contributed by atoms with Crippen LogP contribution in [0, 0.1) is 5.82 Å². The molecule has 0 amide bonds. The van der Waals surface area contributed by atoms with Gasteiger partial charge in [0.15, 0.2) is 0 Å². The predicted octanol–water partition coefficient (Wildman–Crippen LogP) is 4.39. The fourth-order valence-corrected chi connectivity index (χ4v) is 1.79. The SMILES string of the molecule is CC.CC1CCOc2ccc(Cl)c(F)c21. The van der Waals surface area contributed by atoms with Crippen molar-refractivity contribution in [2.24, 2.45) is 0 Å². The molecule has 0 saturated heterocycles. The van der Waals surface area contributed by atoms with Crippen LogP contribution >= 0.6 is 11.6 Å². The van der Waals surface area contributed by atoms with E-state index in [-0.39, 0.29) is 16.8 Å². The lowest BCUT2D eigenvalue weighted by Gasteiger charge is -2.23. The summed E-state index contributed by atoms with van der Waals surface area (Å²) in [5.41, 5.74) is 0.624. The molecule has 15 heavy (non-hydrogen) atoms. The Balaban J connectivity index is 0.000000531. The third-order valence-corrected chi connectivity index (χ3v) is 2.69. The maximum absolute atomic E-state index is 13.5. The van der Waals surface area contributed by atoms with Crippen molar-refractivity contribution in [2.75, 3.05) is 6.61 Å². The highest BCUT2D eigenvalue weighted by molar-refractivity contribution is 6.30. The molecular weight excluding hydrogens is 215 g/mol. The molecule has 84 valence electrons. The summed E-state index contributed by atoms with van der Waals surface area (Å²) in [6.45, 7) is 6.65. The van der Waals surface area contributed by atoms with Crippen molar-refractivity contribution < 1.29 is 9.13 Å². The van der Waals surface area contributed by atoms with Gasteiger partial charge in [0.25, 0.3) is 0 Å². The predicted molar refractivity (Wildman–Crippen MR) is 61.3 cm³/mol. The van der Waals surface area contributed by atoms with Gasteiger partial charge in [-0.15, -0.1) is 0 Å². The molecule has 1 nitrogen and oxygen atoms in total. The molecule has 0 saturated carbocycles. The van der Waals surface area contributed by atoms with E-state index in [1.807, 2.05) is 20.8 Å². The summed E-state index contributed by atoms with van der Waals surface area (Å²) in [5, 5.41) is 0.177. The summed E-state index contributed by atoms with van der Waals surface area (Å²) in [7, 11) is 0. The smallest absolute Gasteiger partial charge is 0.148 e. The van der Waals surface area contributed by atoms with Crippen molar-refractivity contribution in [2.45, 2.75) is 33.1 Å². The van der Waals surface area contributed by atoms with E-state index in [2.05, 4.69) is 0 Å². The van der Waals surface area contributed by atoms with Gasteiger partial charge in [-0.05, 0) is 24.5 Å². The zero-order valence-corrected chi connectivity index (χ0v) is 10.1. The van der Waals surface area contributed by atoms with Crippen molar-refractivity contribution in [3.8, 4) is 5.75 Å². The van der Waals surface area contributed by atoms with Gasteiger partial charge in [-0.3, -0.25) is 0 Å². The van der Waals surface area contributed by atoms with Crippen molar-refractivity contribution in [3.05, 3.63) is 28.5 Å². The second kappa shape index (κ2) is 5.36. The van der Waals surface area contributed by atoms with Gasteiger partial charge in [-0.1, -0.05) is 32.4 Å². The Morgan fingerprint density at radius 3 is 2.73 bits per heavy atom. The van der Waals surface area contributed by atoms with Gasteiger partial charge in [-0.2, -0.15) is 0 Å². The quantitative estimate of drug-likeness (QED) is 0.642.